The molecule has 0 N–H and O–H groups in total. The second-order valence-corrected chi connectivity index (χ2v) is 6.66. The van der Waals surface area contributed by atoms with E-state index in [-0.39, 0.29) is 9.37 Å². The van der Waals surface area contributed by atoms with Crippen molar-refractivity contribution in [2.45, 2.75) is 4.90 Å². The SMILES string of the molecule is O=S(=O)(Cl)c1cc(F)c(Br)c(I)c1. The van der Waals surface area contributed by atoms with Crippen molar-refractivity contribution in [1.82, 2.24) is 0 Å². The summed E-state index contributed by atoms with van der Waals surface area (Å²) in [6, 6.07) is 2.16. The number of halogens is 4. The van der Waals surface area contributed by atoms with E-state index < -0.39 is 14.9 Å². The van der Waals surface area contributed by atoms with Crippen LogP contribution in [-0.2, 0) is 9.05 Å². The second kappa shape index (κ2) is 4.00. The van der Waals surface area contributed by atoms with Gasteiger partial charge >= 0.3 is 0 Å². The lowest BCUT2D eigenvalue weighted by Gasteiger charge is -2.01. The Morgan fingerprint density at radius 2 is 2.00 bits per heavy atom. The van der Waals surface area contributed by atoms with Crippen molar-refractivity contribution in [3.8, 4) is 0 Å². The van der Waals surface area contributed by atoms with E-state index in [4.69, 9.17) is 10.7 Å². The van der Waals surface area contributed by atoms with Crippen LogP contribution in [0.3, 0.4) is 0 Å². The maximum atomic E-state index is 13.0. The summed E-state index contributed by atoms with van der Waals surface area (Å²) in [5.74, 6) is -0.647. The summed E-state index contributed by atoms with van der Waals surface area (Å²) in [6.07, 6.45) is 0. The predicted molar refractivity (Wildman–Crippen MR) is 59.9 cm³/mol. The first-order chi connectivity index (χ1) is 5.82. The van der Waals surface area contributed by atoms with Gasteiger partial charge in [0.25, 0.3) is 9.05 Å². The fraction of sp³-hybridized carbons (Fsp3) is 0. The summed E-state index contributed by atoms with van der Waals surface area (Å²) in [5, 5.41) is 0. The Labute approximate surface area is 101 Å². The Morgan fingerprint density at radius 3 is 2.38 bits per heavy atom. The molecule has 0 aliphatic heterocycles. The van der Waals surface area contributed by atoms with Crippen molar-refractivity contribution in [2.24, 2.45) is 0 Å². The van der Waals surface area contributed by atoms with Crippen LogP contribution in [0.25, 0.3) is 0 Å². The average molecular weight is 399 g/mol. The molecular weight excluding hydrogens is 397 g/mol. The van der Waals surface area contributed by atoms with E-state index in [2.05, 4.69) is 15.9 Å². The number of hydrogen-bond donors (Lipinski definition) is 0. The molecule has 0 bridgehead atoms. The molecule has 13 heavy (non-hydrogen) atoms. The Hall–Kier alpha value is 0.600. The summed E-state index contributed by atoms with van der Waals surface area (Å²) in [7, 11) is 1.18. The van der Waals surface area contributed by atoms with Crippen molar-refractivity contribution < 1.29 is 12.8 Å². The standard InChI is InChI=1S/C6H2BrClFIO2S/c7-6-4(9)1-3(2-5(6)10)13(8,11)12/h1-2H. The molecule has 0 unspecified atom stereocenters. The van der Waals surface area contributed by atoms with E-state index in [1.165, 1.54) is 6.07 Å². The minimum atomic E-state index is -3.86. The van der Waals surface area contributed by atoms with E-state index >= 15 is 0 Å². The molecule has 0 aliphatic rings. The lowest BCUT2D eigenvalue weighted by atomic mass is 10.3. The maximum Gasteiger partial charge on any atom is 0.261 e. The van der Waals surface area contributed by atoms with Crippen LogP contribution in [0.1, 0.15) is 0 Å². The van der Waals surface area contributed by atoms with Crippen LogP contribution in [0.4, 0.5) is 4.39 Å². The Balaban J connectivity index is 3.47. The van der Waals surface area contributed by atoms with Gasteiger partial charge in [-0.25, -0.2) is 12.8 Å². The molecule has 2 nitrogen and oxygen atoms in total. The third-order valence-electron chi connectivity index (χ3n) is 1.24. The molecule has 72 valence electrons. The monoisotopic (exact) mass is 398 g/mol. The van der Waals surface area contributed by atoms with Gasteiger partial charge in [0, 0.05) is 14.3 Å². The van der Waals surface area contributed by atoms with Crippen LogP contribution in [0, 0.1) is 9.39 Å². The summed E-state index contributed by atoms with van der Waals surface area (Å²) < 4.78 is 35.3. The van der Waals surface area contributed by atoms with Gasteiger partial charge in [-0.15, -0.1) is 0 Å². The number of rotatable bonds is 1. The molecule has 0 saturated heterocycles. The van der Waals surface area contributed by atoms with Gasteiger partial charge in [0.15, 0.2) is 0 Å². The Kier molecular flexibility index (Phi) is 3.59. The summed E-state index contributed by atoms with van der Waals surface area (Å²) in [4.78, 5) is -0.237. The molecule has 0 radical (unpaired) electrons. The number of hydrogen-bond acceptors (Lipinski definition) is 2. The zero-order valence-electron chi connectivity index (χ0n) is 5.89. The Morgan fingerprint density at radius 1 is 1.46 bits per heavy atom. The van der Waals surface area contributed by atoms with Crippen molar-refractivity contribution in [1.29, 1.82) is 0 Å². The van der Waals surface area contributed by atoms with E-state index in [1.54, 1.807) is 22.6 Å². The predicted octanol–water partition coefficient (Wildman–Crippen LogP) is 3.12. The van der Waals surface area contributed by atoms with E-state index in [0.29, 0.717) is 3.57 Å². The number of benzene rings is 1. The van der Waals surface area contributed by atoms with Gasteiger partial charge in [-0.3, -0.25) is 0 Å². The summed E-state index contributed by atoms with van der Waals surface area (Å²) in [5.41, 5.74) is 0. The fourth-order valence-electron chi connectivity index (χ4n) is 0.673. The minimum Gasteiger partial charge on any atom is -0.207 e. The van der Waals surface area contributed by atoms with Crippen molar-refractivity contribution in [3.63, 3.8) is 0 Å². The molecular formula is C6H2BrClFIO2S. The zero-order valence-corrected chi connectivity index (χ0v) is 11.2. The third-order valence-corrected chi connectivity index (χ3v) is 4.97. The molecule has 0 fully saturated rings. The molecule has 0 aromatic heterocycles. The normalized spacial score (nSPS) is 11.7. The highest BCUT2D eigenvalue weighted by Gasteiger charge is 2.14. The first kappa shape index (κ1) is 11.7. The average Bonchev–Trinajstić information content (AvgIpc) is 1.97. The first-order valence-electron chi connectivity index (χ1n) is 2.91. The fourth-order valence-corrected chi connectivity index (χ4v) is 2.48. The minimum absolute atomic E-state index is 0.233. The van der Waals surface area contributed by atoms with E-state index in [0.717, 1.165) is 6.07 Å². The van der Waals surface area contributed by atoms with Gasteiger partial charge in [0.05, 0.1) is 9.37 Å². The topological polar surface area (TPSA) is 34.1 Å². The smallest absolute Gasteiger partial charge is 0.207 e. The Bertz CT molecular complexity index is 425. The highest BCUT2D eigenvalue weighted by atomic mass is 127. The van der Waals surface area contributed by atoms with Crippen LogP contribution in [0.15, 0.2) is 21.5 Å². The molecule has 0 saturated carbocycles. The van der Waals surface area contributed by atoms with Crippen LogP contribution in [0.2, 0.25) is 0 Å². The van der Waals surface area contributed by atoms with Gasteiger partial charge in [-0.2, -0.15) is 0 Å². The van der Waals surface area contributed by atoms with Gasteiger partial charge < -0.3 is 0 Å². The lowest BCUT2D eigenvalue weighted by Crippen LogP contribution is -1.94. The van der Waals surface area contributed by atoms with Crippen LogP contribution < -0.4 is 0 Å². The van der Waals surface area contributed by atoms with Gasteiger partial charge in [0.1, 0.15) is 5.82 Å². The largest absolute Gasteiger partial charge is 0.261 e. The van der Waals surface area contributed by atoms with Crippen molar-refractivity contribution in [3.05, 3.63) is 26.0 Å². The highest BCUT2D eigenvalue weighted by Crippen LogP contribution is 2.27. The second-order valence-electron chi connectivity index (χ2n) is 2.14. The van der Waals surface area contributed by atoms with Crippen molar-refractivity contribution in [2.75, 3.05) is 0 Å². The molecule has 1 aromatic carbocycles. The van der Waals surface area contributed by atoms with Crippen LogP contribution in [-0.4, -0.2) is 8.42 Å². The van der Waals surface area contributed by atoms with Gasteiger partial charge in [0.2, 0.25) is 0 Å². The van der Waals surface area contributed by atoms with Gasteiger partial charge in [-0.1, -0.05) is 0 Å². The molecule has 7 heteroatoms. The summed E-state index contributed by atoms with van der Waals surface area (Å²) >= 11 is 4.77. The molecule has 0 atom stereocenters. The molecule has 1 aromatic rings. The highest BCUT2D eigenvalue weighted by molar-refractivity contribution is 14.1. The third kappa shape index (κ3) is 2.77. The zero-order chi connectivity index (χ0) is 10.2. The molecule has 0 heterocycles. The van der Waals surface area contributed by atoms with Crippen LogP contribution in [0.5, 0.6) is 0 Å². The van der Waals surface area contributed by atoms with Crippen molar-refractivity contribution >= 4 is 58.3 Å². The van der Waals surface area contributed by atoms with E-state index in [9.17, 15) is 12.8 Å². The molecule has 0 spiro atoms. The quantitative estimate of drug-likeness (QED) is 0.413. The van der Waals surface area contributed by atoms with E-state index in [1.807, 2.05) is 0 Å². The first-order valence-corrected chi connectivity index (χ1v) is 7.09. The molecule has 0 amide bonds. The summed E-state index contributed by atoms with van der Waals surface area (Å²) in [6.45, 7) is 0. The van der Waals surface area contributed by atoms with Crippen LogP contribution >= 0.6 is 49.2 Å². The lowest BCUT2D eigenvalue weighted by molar-refractivity contribution is 0.599. The molecule has 1 rings (SSSR count). The molecule has 0 aliphatic carbocycles. The maximum absolute atomic E-state index is 13.0. The van der Waals surface area contributed by atoms with Gasteiger partial charge in [-0.05, 0) is 50.7 Å².